The number of fused-ring (bicyclic) bond motifs is 1. The van der Waals surface area contributed by atoms with Gasteiger partial charge in [0.1, 0.15) is 0 Å². The maximum Gasteiger partial charge on any atom is 0.334 e. The third-order valence-corrected chi connectivity index (χ3v) is 4.55. The van der Waals surface area contributed by atoms with E-state index in [2.05, 4.69) is 48.4 Å². The lowest BCUT2D eigenvalue weighted by Gasteiger charge is -2.32. The van der Waals surface area contributed by atoms with Gasteiger partial charge in [-0.05, 0) is 46.8 Å². The molecule has 1 heterocycles. The molecule has 0 atom stereocenters. The average Bonchev–Trinajstić information content (AvgIpc) is 2.83. The van der Waals surface area contributed by atoms with Crippen LogP contribution in [0.15, 0.2) is 23.3 Å². The van der Waals surface area contributed by atoms with Crippen molar-refractivity contribution in [2.24, 2.45) is 5.10 Å². The second-order valence-corrected chi connectivity index (χ2v) is 7.05. The van der Waals surface area contributed by atoms with Crippen molar-refractivity contribution >= 4 is 23.3 Å². The summed E-state index contributed by atoms with van der Waals surface area (Å²) in [6, 6.07) is 6.20. The number of nitrogens with zero attached hydrogens (tertiary/aromatic N) is 3. The third-order valence-electron chi connectivity index (χ3n) is 4.55. The first-order valence-corrected chi connectivity index (χ1v) is 9.00. The van der Waals surface area contributed by atoms with Gasteiger partial charge >= 0.3 is 6.03 Å². The molecule has 7 nitrogen and oxygen atoms in total. The van der Waals surface area contributed by atoms with Gasteiger partial charge in [-0.2, -0.15) is 5.10 Å². The number of carbonyl (C=O) groups excluding carboxylic acids is 2. The average molecular weight is 359 g/mol. The van der Waals surface area contributed by atoms with Gasteiger partial charge in [0.05, 0.1) is 5.69 Å². The number of aryl methyl sites for hydroxylation is 1. The van der Waals surface area contributed by atoms with Crippen LogP contribution in [0.5, 0.6) is 0 Å². The quantitative estimate of drug-likeness (QED) is 0.764. The van der Waals surface area contributed by atoms with Crippen molar-refractivity contribution in [3.63, 3.8) is 0 Å². The Bertz CT molecular complexity index is 704. The molecule has 0 aromatic heterocycles. The number of hydrogen-bond donors (Lipinski definition) is 2. The molecule has 26 heavy (non-hydrogen) atoms. The molecule has 0 radical (unpaired) electrons. The van der Waals surface area contributed by atoms with Crippen molar-refractivity contribution in [2.75, 3.05) is 25.0 Å². The number of benzene rings is 1. The SMILES string of the molecule is CNC(=O)N/N=C1/C(=O)N(CCN(C(C)C)C(C)C)c2ccc(C)cc21. The molecule has 1 aliphatic rings. The molecule has 1 aromatic carbocycles. The number of hydrogen-bond acceptors (Lipinski definition) is 4. The van der Waals surface area contributed by atoms with E-state index < -0.39 is 6.03 Å². The van der Waals surface area contributed by atoms with Gasteiger partial charge in [0, 0.05) is 37.8 Å². The van der Waals surface area contributed by atoms with E-state index in [9.17, 15) is 9.59 Å². The first-order valence-electron chi connectivity index (χ1n) is 9.00. The second kappa shape index (κ2) is 8.31. The molecule has 142 valence electrons. The van der Waals surface area contributed by atoms with Crippen molar-refractivity contribution < 1.29 is 9.59 Å². The molecule has 1 aliphatic heterocycles. The molecule has 7 heteroatoms. The van der Waals surface area contributed by atoms with Gasteiger partial charge in [-0.1, -0.05) is 11.6 Å². The fourth-order valence-corrected chi connectivity index (χ4v) is 3.25. The van der Waals surface area contributed by atoms with Crippen LogP contribution in [-0.2, 0) is 4.79 Å². The van der Waals surface area contributed by atoms with E-state index in [1.54, 1.807) is 4.90 Å². The van der Waals surface area contributed by atoms with E-state index in [1.807, 2.05) is 25.1 Å². The van der Waals surface area contributed by atoms with Crippen molar-refractivity contribution in [2.45, 2.75) is 46.7 Å². The summed E-state index contributed by atoms with van der Waals surface area (Å²) in [5.74, 6) is -0.186. The summed E-state index contributed by atoms with van der Waals surface area (Å²) in [6.45, 7) is 11.9. The van der Waals surface area contributed by atoms with Crippen molar-refractivity contribution in [3.05, 3.63) is 29.3 Å². The van der Waals surface area contributed by atoms with Crippen LogP contribution in [0.25, 0.3) is 0 Å². The van der Waals surface area contributed by atoms with Gasteiger partial charge in [-0.3, -0.25) is 9.69 Å². The number of urea groups is 1. The second-order valence-electron chi connectivity index (χ2n) is 7.05. The van der Waals surface area contributed by atoms with Crippen LogP contribution < -0.4 is 15.6 Å². The minimum Gasteiger partial charge on any atom is -0.340 e. The number of hydrazone groups is 1. The van der Waals surface area contributed by atoms with Gasteiger partial charge in [0.15, 0.2) is 5.71 Å². The van der Waals surface area contributed by atoms with Crippen LogP contribution in [0.4, 0.5) is 10.5 Å². The molecule has 0 bridgehead atoms. The summed E-state index contributed by atoms with van der Waals surface area (Å²) >= 11 is 0. The standard InChI is InChI=1S/C19H29N5O2/c1-12(2)23(13(3)4)9-10-24-16-8-7-14(5)11-15(16)17(18(24)25)21-22-19(26)20-6/h7-8,11-13H,9-10H2,1-6H3,(H2,20,22,26)/b21-17+. The summed E-state index contributed by atoms with van der Waals surface area (Å²) in [7, 11) is 1.50. The number of carbonyl (C=O) groups is 2. The fourth-order valence-electron chi connectivity index (χ4n) is 3.25. The first kappa shape index (κ1) is 19.9. The van der Waals surface area contributed by atoms with Gasteiger partial charge in [0.25, 0.3) is 5.91 Å². The van der Waals surface area contributed by atoms with E-state index in [0.29, 0.717) is 18.6 Å². The largest absolute Gasteiger partial charge is 0.340 e. The van der Waals surface area contributed by atoms with E-state index >= 15 is 0 Å². The molecule has 0 unspecified atom stereocenters. The lowest BCUT2D eigenvalue weighted by Crippen LogP contribution is -2.44. The Hall–Kier alpha value is -2.41. The van der Waals surface area contributed by atoms with Crippen LogP contribution in [-0.4, -0.2) is 54.8 Å². The number of nitrogens with one attached hydrogen (secondary N) is 2. The summed E-state index contributed by atoms with van der Waals surface area (Å²) < 4.78 is 0. The fraction of sp³-hybridized carbons (Fsp3) is 0.526. The molecule has 0 spiro atoms. The smallest absolute Gasteiger partial charge is 0.334 e. The van der Waals surface area contributed by atoms with Crippen molar-refractivity contribution in [3.8, 4) is 0 Å². The van der Waals surface area contributed by atoms with E-state index in [4.69, 9.17) is 0 Å². The summed E-state index contributed by atoms with van der Waals surface area (Å²) in [4.78, 5) is 28.5. The predicted octanol–water partition coefficient (Wildman–Crippen LogP) is 2.09. The zero-order chi connectivity index (χ0) is 19.4. The highest BCUT2D eigenvalue weighted by atomic mass is 16.2. The Balaban J connectivity index is 2.29. The maximum atomic E-state index is 12.9. The zero-order valence-electron chi connectivity index (χ0n) is 16.5. The zero-order valence-corrected chi connectivity index (χ0v) is 16.5. The van der Waals surface area contributed by atoms with Crippen molar-refractivity contribution in [1.82, 2.24) is 15.6 Å². The van der Waals surface area contributed by atoms with Crippen LogP contribution in [0.2, 0.25) is 0 Å². The lowest BCUT2D eigenvalue weighted by molar-refractivity contribution is -0.112. The highest BCUT2D eigenvalue weighted by molar-refractivity contribution is 6.54. The molecule has 1 aromatic rings. The van der Waals surface area contributed by atoms with Crippen LogP contribution in [0.3, 0.4) is 0 Å². The highest BCUT2D eigenvalue weighted by Crippen LogP contribution is 2.30. The number of rotatable bonds is 6. The Morgan fingerprint density at radius 2 is 1.88 bits per heavy atom. The Labute approximate surface area is 155 Å². The topological polar surface area (TPSA) is 77.0 Å². The summed E-state index contributed by atoms with van der Waals surface area (Å²) in [5, 5.41) is 6.48. The third kappa shape index (κ3) is 4.22. The molecule has 0 fully saturated rings. The predicted molar refractivity (Wildman–Crippen MR) is 105 cm³/mol. The van der Waals surface area contributed by atoms with Crippen LogP contribution in [0, 0.1) is 6.92 Å². The van der Waals surface area contributed by atoms with Gasteiger partial charge in [-0.15, -0.1) is 0 Å². The van der Waals surface area contributed by atoms with E-state index in [1.165, 1.54) is 7.05 Å². The molecule has 0 aliphatic carbocycles. The van der Waals surface area contributed by atoms with Crippen LogP contribution in [0.1, 0.15) is 38.8 Å². The minimum absolute atomic E-state index is 0.186. The molecule has 2 N–H and O–H groups in total. The molecule has 0 saturated heterocycles. The molecular weight excluding hydrogens is 330 g/mol. The monoisotopic (exact) mass is 359 g/mol. The van der Waals surface area contributed by atoms with Crippen molar-refractivity contribution in [1.29, 1.82) is 0 Å². The first-order chi connectivity index (χ1) is 12.3. The van der Waals surface area contributed by atoms with E-state index in [-0.39, 0.29) is 11.6 Å². The van der Waals surface area contributed by atoms with Gasteiger partial charge in [-0.25, -0.2) is 10.2 Å². The van der Waals surface area contributed by atoms with Gasteiger partial charge in [0.2, 0.25) is 0 Å². The summed E-state index contributed by atoms with van der Waals surface area (Å²) in [6.07, 6.45) is 0. The highest BCUT2D eigenvalue weighted by Gasteiger charge is 2.34. The van der Waals surface area contributed by atoms with Crippen LogP contribution >= 0.6 is 0 Å². The molecule has 0 saturated carbocycles. The van der Waals surface area contributed by atoms with E-state index in [0.717, 1.165) is 23.4 Å². The minimum atomic E-state index is -0.455. The normalized spacial score (nSPS) is 15.3. The lowest BCUT2D eigenvalue weighted by atomic mass is 10.1. The number of amides is 3. The summed E-state index contributed by atoms with van der Waals surface area (Å²) in [5.41, 5.74) is 5.27. The molecular formula is C19H29N5O2. The Morgan fingerprint density at radius 3 is 2.46 bits per heavy atom. The maximum absolute atomic E-state index is 12.9. The number of anilines is 1. The molecule has 3 amide bonds. The Kier molecular flexibility index (Phi) is 6.37. The van der Waals surface area contributed by atoms with Gasteiger partial charge < -0.3 is 10.2 Å². The Morgan fingerprint density at radius 1 is 1.23 bits per heavy atom. The molecule has 2 rings (SSSR count).